The third-order valence-corrected chi connectivity index (χ3v) is 21.3. The predicted molar refractivity (Wildman–Crippen MR) is 389 cm³/mol. The van der Waals surface area contributed by atoms with Gasteiger partial charge in [-0.25, -0.2) is 0 Å². The fraction of sp³-hybridized carbons (Fsp3) is 0.0538. The standard InChI is InChI=1S/C93H65N/c1-4-22-70(23-5-1)91(85-34-16-10-28-79(85)80-29-11-17-35-86(80)91)73-52-40-64(41-53-73)67-46-58-76(59-47-67)94(77-60-48-68(49-61-77)65-42-54-74(55-43-65)92(71-24-6-2-7-25-71)87-36-18-12-30-81(87)82-31-13-19-37-88(82)92)78-62-50-69(51-63-78)66-44-56-75(57-45-66)93(72-26-8-3-9-27-72)89-38-20-14-32-83(89)84-33-15-21-39-90(84)93/h1-63,79,85H. The van der Waals surface area contributed by atoms with Crippen LogP contribution < -0.4 is 4.90 Å². The molecule has 0 heterocycles. The van der Waals surface area contributed by atoms with Gasteiger partial charge in [-0.3, -0.25) is 0 Å². The minimum atomic E-state index is -0.446. The summed E-state index contributed by atoms with van der Waals surface area (Å²) in [5.74, 6) is 0.568. The van der Waals surface area contributed by atoms with Gasteiger partial charge in [-0.2, -0.15) is 0 Å². The summed E-state index contributed by atoms with van der Waals surface area (Å²) in [6.07, 6.45) is 9.32. The first-order valence-corrected chi connectivity index (χ1v) is 33.0. The zero-order valence-corrected chi connectivity index (χ0v) is 52.0. The van der Waals surface area contributed by atoms with E-state index in [9.17, 15) is 0 Å². The summed E-state index contributed by atoms with van der Waals surface area (Å²) in [5, 5.41) is 0. The molecule has 3 atom stereocenters. The van der Waals surface area contributed by atoms with Gasteiger partial charge >= 0.3 is 0 Å². The molecule has 0 bridgehead atoms. The minimum absolute atomic E-state index is 0.260. The molecule has 0 N–H and O–H groups in total. The molecular weight excluding hydrogens is 1130 g/mol. The average molecular weight is 1200 g/mol. The Hall–Kier alpha value is -11.6. The van der Waals surface area contributed by atoms with Gasteiger partial charge in [0, 0.05) is 28.9 Å². The summed E-state index contributed by atoms with van der Waals surface area (Å²) in [6, 6.07) is 134. The molecule has 442 valence electrons. The van der Waals surface area contributed by atoms with Crippen molar-refractivity contribution >= 4 is 17.1 Å². The number of nitrogens with zero attached hydrogens (tertiary/aromatic N) is 1. The van der Waals surface area contributed by atoms with Crippen LogP contribution in [0, 0.1) is 5.92 Å². The number of benzene rings is 14. The van der Waals surface area contributed by atoms with E-state index in [2.05, 4.69) is 387 Å². The van der Waals surface area contributed by atoms with E-state index in [1.165, 1.54) is 111 Å². The van der Waals surface area contributed by atoms with Crippen molar-refractivity contribution in [1.29, 1.82) is 0 Å². The molecule has 0 radical (unpaired) electrons. The Labute approximate surface area is 551 Å². The summed E-state index contributed by atoms with van der Waals surface area (Å²) in [5.41, 5.74) is 30.0. The van der Waals surface area contributed by atoms with Gasteiger partial charge in [0.2, 0.25) is 0 Å². The van der Waals surface area contributed by atoms with Crippen molar-refractivity contribution in [2.45, 2.75) is 22.2 Å². The topological polar surface area (TPSA) is 3.24 Å². The van der Waals surface area contributed by atoms with Crippen LogP contribution in [0.1, 0.15) is 72.7 Å². The number of allylic oxidation sites excluding steroid dienone is 4. The molecule has 4 aliphatic rings. The molecule has 0 aromatic heterocycles. The summed E-state index contributed by atoms with van der Waals surface area (Å²) in [6.45, 7) is 0. The molecule has 94 heavy (non-hydrogen) atoms. The zero-order valence-electron chi connectivity index (χ0n) is 52.0. The van der Waals surface area contributed by atoms with Crippen molar-refractivity contribution in [3.05, 3.63) is 449 Å². The lowest BCUT2D eigenvalue weighted by Crippen LogP contribution is -2.35. The normalized spacial score (nSPS) is 17.1. The highest BCUT2D eigenvalue weighted by molar-refractivity contribution is 5.89. The van der Waals surface area contributed by atoms with Crippen molar-refractivity contribution < 1.29 is 0 Å². The van der Waals surface area contributed by atoms with E-state index in [1.54, 1.807) is 0 Å². The van der Waals surface area contributed by atoms with Crippen LogP contribution in [0.5, 0.6) is 0 Å². The number of hydrogen-bond acceptors (Lipinski definition) is 1. The lowest BCUT2D eigenvalue weighted by Gasteiger charge is -2.39. The van der Waals surface area contributed by atoms with Crippen LogP contribution in [0.25, 0.3) is 55.6 Å². The van der Waals surface area contributed by atoms with E-state index in [0.29, 0.717) is 5.92 Å². The van der Waals surface area contributed by atoms with Crippen LogP contribution in [0.3, 0.4) is 0 Å². The van der Waals surface area contributed by atoms with Crippen molar-refractivity contribution in [1.82, 2.24) is 0 Å². The summed E-state index contributed by atoms with van der Waals surface area (Å²) in [4.78, 5) is 2.40. The molecule has 0 fully saturated rings. The van der Waals surface area contributed by atoms with Crippen LogP contribution in [-0.4, -0.2) is 0 Å². The molecular formula is C93H65N. The lowest BCUT2D eigenvalue weighted by atomic mass is 9.63. The Morgan fingerprint density at radius 2 is 0.479 bits per heavy atom. The number of fused-ring (bicyclic) bond motifs is 9. The summed E-state index contributed by atoms with van der Waals surface area (Å²) in [7, 11) is 0. The highest BCUT2D eigenvalue weighted by Gasteiger charge is 2.53. The Kier molecular flexibility index (Phi) is 13.1. The Bertz CT molecular complexity index is 4880. The molecule has 0 aliphatic heterocycles. The molecule has 1 nitrogen and oxygen atoms in total. The molecule has 0 spiro atoms. The molecule has 4 aliphatic carbocycles. The minimum Gasteiger partial charge on any atom is -0.311 e. The highest BCUT2D eigenvalue weighted by atomic mass is 15.1. The second-order valence-corrected chi connectivity index (χ2v) is 25.7. The Morgan fingerprint density at radius 1 is 0.213 bits per heavy atom. The van der Waals surface area contributed by atoms with E-state index in [0.717, 1.165) is 28.2 Å². The van der Waals surface area contributed by atoms with Gasteiger partial charge < -0.3 is 4.90 Å². The van der Waals surface area contributed by atoms with Crippen molar-refractivity contribution in [2.75, 3.05) is 4.90 Å². The van der Waals surface area contributed by atoms with Crippen molar-refractivity contribution in [3.63, 3.8) is 0 Å². The van der Waals surface area contributed by atoms with E-state index in [1.807, 2.05) is 0 Å². The van der Waals surface area contributed by atoms with Crippen LogP contribution in [0.2, 0.25) is 0 Å². The van der Waals surface area contributed by atoms with Crippen molar-refractivity contribution in [2.24, 2.45) is 5.92 Å². The quantitative estimate of drug-likeness (QED) is 0.118. The lowest BCUT2D eigenvalue weighted by molar-refractivity contribution is 0.457. The molecule has 18 rings (SSSR count). The highest BCUT2D eigenvalue weighted by Crippen LogP contribution is 2.61. The van der Waals surface area contributed by atoms with Gasteiger partial charge in [0.15, 0.2) is 0 Å². The molecule has 14 aromatic rings. The first-order valence-electron chi connectivity index (χ1n) is 33.0. The van der Waals surface area contributed by atoms with Gasteiger partial charge in [-0.1, -0.05) is 346 Å². The van der Waals surface area contributed by atoms with Crippen molar-refractivity contribution in [3.8, 4) is 55.6 Å². The van der Waals surface area contributed by atoms with Crippen LogP contribution in [-0.2, 0) is 16.2 Å². The van der Waals surface area contributed by atoms with E-state index in [4.69, 9.17) is 0 Å². The smallest absolute Gasteiger partial charge is 0.0713 e. The Balaban J connectivity index is 0.698. The first kappa shape index (κ1) is 55.2. The van der Waals surface area contributed by atoms with E-state index >= 15 is 0 Å². The van der Waals surface area contributed by atoms with E-state index < -0.39 is 10.8 Å². The second-order valence-electron chi connectivity index (χ2n) is 25.7. The molecule has 0 amide bonds. The third-order valence-electron chi connectivity index (χ3n) is 21.3. The molecule has 1 heteroatoms. The van der Waals surface area contributed by atoms with Crippen LogP contribution in [0.15, 0.2) is 382 Å². The van der Waals surface area contributed by atoms with Crippen LogP contribution in [0.4, 0.5) is 17.1 Å². The summed E-state index contributed by atoms with van der Waals surface area (Å²) >= 11 is 0. The van der Waals surface area contributed by atoms with Gasteiger partial charge in [-0.05, 0) is 159 Å². The zero-order chi connectivity index (χ0) is 62.2. The van der Waals surface area contributed by atoms with Gasteiger partial charge in [0.05, 0.1) is 16.2 Å². The first-order chi connectivity index (χ1) is 46.6. The van der Waals surface area contributed by atoms with Gasteiger partial charge in [-0.15, -0.1) is 0 Å². The van der Waals surface area contributed by atoms with E-state index in [-0.39, 0.29) is 11.3 Å². The monoisotopic (exact) mass is 1200 g/mol. The third kappa shape index (κ3) is 8.34. The molecule has 0 saturated heterocycles. The van der Waals surface area contributed by atoms with Crippen LogP contribution >= 0.6 is 0 Å². The second kappa shape index (κ2) is 22.3. The maximum atomic E-state index is 2.44. The predicted octanol–water partition coefficient (Wildman–Crippen LogP) is 23.1. The maximum Gasteiger partial charge on any atom is 0.0713 e. The van der Waals surface area contributed by atoms with Gasteiger partial charge in [0.1, 0.15) is 0 Å². The molecule has 14 aromatic carbocycles. The summed E-state index contributed by atoms with van der Waals surface area (Å²) < 4.78 is 0. The fourth-order valence-corrected chi connectivity index (χ4v) is 17.2. The Morgan fingerprint density at radius 3 is 0.851 bits per heavy atom. The van der Waals surface area contributed by atoms with Gasteiger partial charge in [0.25, 0.3) is 0 Å². The SMILES string of the molecule is C1=CC2c3ccccc3C(c3ccccc3)(c3ccc(-c4ccc(N(c5ccc(-c6ccc(C7(c8ccccc8)c8ccccc8-c8ccccc87)cc6)cc5)c5ccc(-c6ccc(C7(c8ccccc8)c8ccccc8-c8ccccc87)cc6)cc5)cc4)cc3)C2C=C1. The average Bonchev–Trinajstić information content (AvgIpc) is 1.59. The largest absolute Gasteiger partial charge is 0.311 e. The number of hydrogen-bond donors (Lipinski definition) is 0. The maximum absolute atomic E-state index is 2.44. The number of anilines is 3. The molecule has 0 saturated carbocycles. The molecule has 3 unspecified atom stereocenters. The fourth-order valence-electron chi connectivity index (χ4n) is 17.2. The number of rotatable bonds is 12.